The maximum Gasteiger partial charge on any atom is 0.321 e. The van der Waals surface area contributed by atoms with Gasteiger partial charge in [-0.15, -0.1) is 0 Å². The summed E-state index contributed by atoms with van der Waals surface area (Å²) in [4.78, 5) is 14.2. The summed E-state index contributed by atoms with van der Waals surface area (Å²) in [5.74, 6) is 0. The van der Waals surface area contributed by atoms with E-state index in [1.54, 1.807) is 41.4 Å². The molecule has 1 aliphatic rings. The zero-order valence-corrected chi connectivity index (χ0v) is 16.1. The molecule has 1 fully saturated rings. The Morgan fingerprint density at radius 2 is 1.64 bits per heavy atom. The molecule has 0 spiro atoms. The number of hydrogen-bond acceptors (Lipinski definition) is 3. The fraction of sp³-hybridized carbons (Fsp3) is 0.500. The first-order valence-corrected chi connectivity index (χ1v) is 9.84. The van der Waals surface area contributed by atoms with Crippen molar-refractivity contribution in [3.8, 4) is 0 Å². The molecule has 1 aliphatic heterocycles. The minimum atomic E-state index is -3.49. The minimum absolute atomic E-state index is 0.00423. The maximum atomic E-state index is 12.6. The molecule has 2 amide bonds. The molecule has 0 radical (unpaired) electrons. The molecule has 1 heterocycles. The van der Waals surface area contributed by atoms with Crippen molar-refractivity contribution in [2.75, 3.05) is 26.2 Å². The molecule has 6 nitrogen and oxygen atoms in total. The summed E-state index contributed by atoms with van der Waals surface area (Å²) in [6.45, 7) is 9.57. The van der Waals surface area contributed by atoms with Crippen molar-refractivity contribution in [3.63, 3.8) is 0 Å². The predicted molar refractivity (Wildman–Crippen MR) is 98.5 cm³/mol. The Hall–Kier alpha value is -1.86. The lowest BCUT2D eigenvalue weighted by atomic mass is 9.88. The summed E-state index contributed by atoms with van der Waals surface area (Å²) < 4.78 is 26.6. The lowest BCUT2D eigenvalue weighted by Gasteiger charge is -2.33. The fourth-order valence-corrected chi connectivity index (χ4v) is 3.79. The van der Waals surface area contributed by atoms with Crippen LogP contribution in [0.2, 0.25) is 0 Å². The number of benzene rings is 1. The Morgan fingerprint density at radius 1 is 1.08 bits per heavy atom. The van der Waals surface area contributed by atoms with Crippen LogP contribution in [-0.2, 0) is 10.0 Å². The van der Waals surface area contributed by atoms with Crippen molar-refractivity contribution in [3.05, 3.63) is 42.1 Å². The molecule has 2 rings (SSSR count). The van der Waals surface area contributed by atoms with Gasteiger partial charge in [-0.3, -0.25) is 0 Å². The number of nitrogens with zero attached hydrogens (tertiary/aromatic N) is 2. The Bertz CT molecular complexity index is 729. The molecule has 138 valence electrons. The molecule has 1 aromatic rings. The Balaban J connectivity index is 1.95. The molecular weight excluding hydrogens is 338 g/mol. The summed E-state index contributed by atoms with van der Waals surface area (Å²) in [7, 11) is -3.49. The van der Waals surface area contributed by atoms with Gasteiger partial charge in [0.15, 0.2) is 0 Å². The van der Waals surface area contributed by atoms with Gasteiger partial charge in [-0.05, 0) is 24.5 Å². The molecule has 0 saturated carbocycles. The van der Waals surface area contributed by atoms with E-state index in [0.29, 0.717) is 26.2 Å². The van der Waals surface area contributed by atoms with Crippen molar-refractivity contribution < 1.29 is 13.2 Å². The minimum Gasteiger partial charge on any atom is -0.322 e. The van der Waals surface area contributed by atoms with E-state index in [4.69, 9.17) is 0 Å². The number of carbonyl (C=O) groups is 1. The third kappa shape index (κ3) is 4.83. The van der Waals surface area contributed by atoms with Crippen molar-refractivity contribution >= 4 is 16.1 Å². The number of sulfonamides is 1. The first-order valence-electron chi connectivity index (χ1n) is 8.40. The highest BCUT2D eigenvalue weighted by atomic mass is 32.2. The van der Waals surface area contributed by atoms with Gasteiger partial charge in [0.1, 0.15) is 0 Å². The van der Waals surface area contributed by atoms with E-state index in [1.165, 1.54) is 4.31 Å². The van der Waals surface area contributed by atoms with Gasteiger partial charge in [-0.2, -0.15) is 4.31 Å². The van der Waals surface area contributed by atoms with Crippen molar-refractivity contribution in [1.29, 1.82) is 0 Å². The zero-order valence-electron chi connectivity index (χ0n) is 15.3. The van der Waals surface area contributed by atoms with E-state index < -0.39 is 10.0 Å². The average Bonchev–Trinajstić information content (AvgIpc) is 2.59. The van der Waals surface area contributed by atoms with E-state index in [0.717, 1.165) is 5.57 Å². The number of urea groups is 1. The van der Waals surface area contributed by atoms with E-state index in [9.17, 15) is 13.2 Å². The zero-order chi connectivity index (χ0) is 18.7. The average molecular weight is 365 g/mol. The first kappa shape index (κ1) is 19.5. The SMILES string of the molecule is C/C(=C\NC(=O)N1CCN(S(=O)(=O)c2ccccc2)CC1)C(C)(C)C. The van der Waals surface area contributed by atoms with Crippen LogP contribution >= 0.6 is 0 Å². The van der Waals surface area contributed by atoms with Gasteiger partial charge in [-0.1, -0.05) is 44.5 Å². The predicted octanol–water partition coefficient (Wildman–Crippen LogP) is 2.65. The standard InChI is InChI=1S/C18H27N3O3S/c1-15(18(2,3)4)14-19-17(22)20-10-12-21(13-11-20)25(23,24)16-8-6-5-7-9-16/h5-9,14H,10-13H2,1-4H3,(H,19,22)/b15-14+. The fourth-order valence-electron chi connectivity index (χ4n) is 2.35. The van der Waals surface area contributed by atoms with Crippen molar-refractivity contribution in [2.24, 2.45) is 5.41 Å². The van der Waals surface area contributed by atoms with Crippen LogP contribution in [-0.4, -0.2) is 49.8 Å². The monoisotopic (exact) mass is 365 g/mol. The van der Waals surface area contributed by atoms with Crippen LogP contribution in [0.4, 0.5) is 4.79 Å². The van der Waals surface area contributed by atoms with Gasteiger partial charge in [-0.25, -0.2) is 13.2 Å². The van der Waals surface area contributed by atoms with Gasteiger partial charge in [0.25, 0.3) is 0 Å². The number of amides is 2. The van der Waals surface area contributed by atoms with Gasteiger partial charge >= 0.3 is 6.03 Å². The largest absolute Gasteiger partial charge is 0.322 e. The summed E-state index contributed by atoms with van der Waals surface area (Å²) in [6.07, 6.45) is 1.73. The van der Waals surface area contributed by atoms with Crippen LogP contribution in [0.25, 0.3) is 0 Å². The molecular formula is C18H27N3O3S. The number of piperazine rings is 1. The summed E-state index contributed by atoms with van der Waals surface area (Å²) in [6, 6.07) is 8.19. The van der Waals surface area contributed by atoms with E-state index in [1.807, 2.05) is 6.92 Å². The van der Waals surface area contributed by atoms with Crippen LogP contribution in [0.5, 0.6) is 0 Å². The first-order chi connectivity index (χ1) is 11.6. The molecule has 0 unspecified atom stereocenters. The summed E-state index contributed by atoms with van der Waals surface area (Å²) in [5.41, 5.74) is 1.07. The number of rotatable bonds is 3. The number of allylic oxidation sites excluding steroid dienone is 1. The lowest BCUT2D eigenvalue weighted by molar-refractivity contribution is 0.175. The quantitative estimate of drug-likeness (QED) is 0.895. The molecule has 1 aromatic carbocycles. The lowest BCUT2D eigenvalue weighted by Crippen LogP contribution is -2.52. The van der Waals surface area contributed by atoms with Gasteiger partial charge in [0.2, 0.25) is 10.0 Å². The highest BCUT2D eigenvalue weighted by Gasteiger charge is 2.29. The summed E-state index contributed by atoms with van der Waals surface area (Å²) in [5, 5.41) is 2.80. The maximum absolute atomic E-state index is 12.6. The Morgan fingerprint density at radius 3 is 2.16 bits per heavy atom. The molecule has 0 aromatic heterocycles. The van der Waals surface area contributed by atoms with Gasteiger partial charge in [0.05, 0.1) is 4.90 Å². The third-order valence-electron chi connectivity index (χ3n) is 4.50. The van der Waals surface area contributed by atoms with Crippen molar-refractivity contribution in [1.82, 2.24) is 14.5 Å². The second kappa shape index (κ2) is 7.58. The second-order valence-electron chi connectivity index (χ2n) is 7.23. The highest BCUT2D eigenvalue weighted by molar-refractivity contribution is 7.89. The molecule has 1 saturated heterocycles. The van der Waals surface area contributed by atoms with Crippen LogP contribution in [0.15, 0.2) is 47.0 Å². The van der Waals surface area contributed by atoms with Crippen molar-refractivity contribution in [2.45, 2.75) is 32.6 Å². The van der Waals surface area contributed by atoms with Gasteiger partial charge < -0.3 is 10.2 Å². The summed E-state index contributed by atoms with van der Waals surface area (Å²) >= 11 is 0. The van der Waals surface area contributed by atoms with Crippen LogP contribution < -0.4 is 5.32 Å². The van der Waals surface area contributed by atoms with E-state index >= 15 is 0 Å². The van der Waals surface area contributed by atoms with Gasteiger partial charge in [0, 0.05) is 32.4 Å². The van der Waals surface area contributed by atoms with Crippen LogP contribution in [0.1, 0.15) is 27.7 Å². The Labute approximate surface area is 150 Å². The molecule has 1 N–H and O–H groups in total. The normalized spacial score (nSPS) is 17.4. The highest BCUT2D eigenvalue weighted by Crippen LogP contribution is 2.23. The number of carbonyl (C=O) groups excluding carboxylic acids is 1. The van der Waals surface area contributed by atoms with Crippen LogP contribution in [0.3, 0.4) is 0 Å². The Kier molecular flexibility index (Phi) is 5.90. The van der Waals surface area contributed by atoms with E-state index in [2.05, 4.69) is 26.1 Å². The smallest absolute Gasteiger partial charge is 0.321 e. The molecule has 0 bridgehead atoms. The van der Waals surface area contributed by atoms with E-state index in [-0.39, 0.29) is 16.3 Å². The molecule has 0 aliphatic carbocycles. The molecule has 7 heteroatoms. The van der Waals surface area contributed by atoms with Crippen LogP contribution in [0, 0.1) is 5.41 Å². The molecule has 0 atom stereocenters. The topological polar surface area (TPSA) is 69.7 Å². The number of nitrogens with one attached hydrogen (secondary N) is 1. The second-order valence-corrected chi connectivity index (χ2v) is 9.17. The molecule has 25 heavy (non-hydrogen) atoms. The third-order valence-corrected chi connectivity index (χ3v) is 6.41. The number of hydrogen-bond donors (Lipinski definition) is 1.